The molecule has 2 N–H and O–H groups in total. The SMILES string of the molecule is CC1(C)CNC[C@@H](F)[C@@H]1O.Cl. The molecule has 1 saturated heterocycles. The predicted octanol–water partition coefficient (Wildman–Crippen LogP) is 0.737. The van der Waals surface area contributed by atoms with Crippen LogP contribution in [0.1, 0.15) is 13.8 Å². The van der Waals surface area contributed by atoms with Crippen molar-refractivity contribution in [3.8, 4) is 0 Å². The van der Waals surface area contributed by atoms with Crippen LogP contribution < -0.4 is 5.32 Å². The highest BCUT2D eigenvalue weighted by molar-refractivity contribution is 5.85. The van der Waals surface area contributed by atoms with Crippen LogP contribution in [0.2, 0.25) is 0 Å². The molecule has 2 nitrogen and oxygen atoms in total. The molecule has 0 radical (unpaired) electrons. The van der Waals surface area contributed by atoms with Crippen molar-refractivity contribution in [2.24, 2.45) is 5.41 Å². The summed E-state index contributed by atoms with van der Waals surface area (Å²) in [6.07, 6.45) is -1.92. The molecule has 1 heterocycles. The van der Waals surface area contributed by atoms with Crippen LogP contribution in [0, 0.1) is 5.41 Å². The molecule has 0 unspecified atom stereocenters. The van der Waals surface area contributed by atoms with Gasteiger partial charge in [-0.3, -0.25) is 0 Å². The van der Waals surface area contributed by atoms with Gasteiger partial charge in [0, 0.05) is 18.5 Å². The Morgan fingerprint density at radius 2 is 2.09 bits per heavy atom. The molecule has 0 aliphatic carbocycles. The number of hydrogen-bond acceptors (Lipinski definition) is 2. The second-order valence-electron chi connectivity index (χ2n) is 3.58. The third kappa shape index (κ3) is 2.29. The van der Waals surface area contributed by atoms with E-state index in [4.69, 9.17) is 0 Å². The fraction of sp³-hybridized carbons (Fsp3) is 1.00. The van der Waals surface area contributed by atoms with Gasteiger partial charge in [-0.1, -0.05) is 13.8 Å². The van der Waals surface area contributed by atoms with Crippen molar-refractivity contribution < 1.29 is 9.50 Å². The number of alkyl halides is 1. The Bertz CT molecular complexity index is 132. The standard InChI is InChI=1S/C7H14FNO.ClH/c1-7(2)4-9-3-5(8)6(7)10;/h5-6,9-10H,3-4H2,1-2H3;1H/t5-,6+;/m1./s1. The summed E-state index contributed by atoms with van der Waals surface area (Å²) < 4.78 is 12.8. The summed E-state index contributed by atoms with van der Waals surface area (Å²) in [5, 5.41) is 12.2. The van der Waals surface area contributed by atoms with Crippen LogP contribution in [0.15, 0.2) is 0 Å². The van der Waals surface area contributed by atoms with Crippen molar-refractivity contribution in [3.05, 3.63) is 0 Å². The molecule has 11 heavy (non-hydrogen) atoms. The number of rotatable bonds is 0. The maximum absolute atomic E-state index is 12.8. The molecule has 0 bridgehead atoms. The highest BCUT2D eigenvalue weighted by Gasteiger charge is 2.37. The van der Waals surface area contributed by atoms with Crippen LogP contribution in [-0.2, 0) is 0 Å². The van der Waals surface area contributed by atoms with E-state index in [0.29, 0.717) is 6.54 Å². The second kappa shape index (κ2) is 3.70. The molecular weight excluding hydrogens is 169 g/mol. The van der Waals surface area contributed by atoms with Crippen molar-refractivity contribution in [2.45, 2.75) is 26.1 Å². The lowest BCUT2D eigenvalue weighted by molar-refractivity contribution is -0.0346. The minimum absolute atomic E-state index is 0. The summed E-state index contributed by atoms with van der Waals surface area (Å²) in [5.41, 5.74) is -0.322. The molecular formula is C7H15ClFNO. The van der Waals surface area contributed by atoms with Gasteiger partial charge in [0.05, 0.1) is 6.10 Å². The Kier molecular flexibility index (Phi) is 3.74. The molecule has 1 fully saturated rings. The smallest absolute Gasteiger partial charge is 0.139 e. The van der Waals surface area contributed by atoms with E-state index in [0.717, 1.165) is 0 Å². The molecule has 4 heteroatoms. The average Bonchev–Trinajstić information content (AvgIpc) is 1.83. The van der Waals surface area contributed by atoms with Gasteiger partial charge in [-0.05, 0) is 0 Å². The largest absolute Gasteiger partial charge is 0.389 e. The van der Waals surface area contributed by atoms with Crippen molar-refractivity contribution in [1.82, 2.24) is 5.32 Å². The van der Waals surface area contributed by atoms with E-state index in [1.807, 2.05) is 13.8 Å². The van der Waals surface area contributed by atoms with E-state index in [9.17, 15) is 9.50 Å². The van der Waals surface area contributed by atoms with Crippen molar-refractivity contribution in [3.63, 3.8) is 0 Å². The summed E-state index contributed by atoms with van der Waals surface area (Å²) in [5.74, 6) is 0. The van der Waals surface area contributed by atoms with Gasteiger partial charge in [-0.25, -0.2) is 4.39 Å². The number of aliphatic hydroxyl groups is 1. The Morgan fingerprint density at radius 1 is 1.55 bits per heavy atom. The third-order valence-electron chi connectivity index (χ3n) is 2.06. The van der Waals surface area contributed by atoms with Gasteiger partial charge in [0.2, 0.25) is 0 Å². The molecule has 1 aliphatic rings. The van der Waals surface area contributed by atoms with Gasteiger partial charge in [-0.15, -0.1) is 12.4 Å². The van der Waals surface area contributed by atoms with E-state index >= 15 is 0 Å². The number of hydrogen-bond donors (Lipinski definition) is 2. The van der Waals surface area contributed by atoms with Crippen molar-refractivity contribution in [1.29, 1.82) is 0 Å². The molecule has 2 atom stereocenters. The quantitative estimate of drug-likeness (QED) is 0.581. The van der Waals surface area contributed by atoms with E-state index in [1.54, 1.807) is 0 Å². The van der Waals surface area contributed by atoms with E-state index < -0.39 is 12.3 Å². The molecule has 0 aromatic heterocycles. The molecule has 0 aromatic rings. The fourth-order valence-corrected chi connectivity index (χ4v) is 1.24. The zero-order valence-electron chi connectivity index (χ0n) is 6.80. The van der Waals surface area contributed by atoms with E-state index in [2.05, 4.69) is 5.32 Å². The van der Waals surface area contributed by atoms with Crippen LogP contribution in [0.3, 0.4) is 0 Å². The van der Waals surface area contributed by atoms with Crippen LogP contribution in [0.25, 0.3) is 0 Å². The lowest BCUT2D eigenvalue weighted by atomic mass is 9.81. The normalized spacial score (nSPS) is 36.0. The van der Waals surface area contributed by atoms with Crippen LogP contribution >= 0.6 is 12.4 Å². The summed E-state index contributed by atoms with van der Waals surface area (Å²) in [6, 6.07) is 0. The molecule has 1 rings (SSSR count). The summed E-state index contributed by atoms with van der Waals surface area (Å²) in [4.78, 5) is 0. The summed E-state index contributed by atoms with van der Waals surface area (Å²) in [6.45, 7) is 4.69. The van der Waals surface area contributed by atoms with Crippen LogP contribution in [-0.4, -0.2) is 30.5 Å². The molecule has 0 saturated carbocycles. The molecule has 68 valence electrons. The van der Waals surface area contributed by atoms with Gasteiger partial charge in [0.25, 0.3) is 0 Å². The van der Waals surface area contributed by atoms with Crippen LogP contribution in [0.5, 0.6) is 0 Å². The number of halogens is 2. The van der Waals surface area contributed by atoms with Gasteiger partial charge in [0.15, 0.2) is 0 Å². The van der Waals surface area contributed by atoms with Crippen LogP contribution in [0.4, 0.5) is 4.39 Å². The van der Waals surface area contributed by atoms with Gasteiger partial charge in [-0.2, -0.15) is 0 Å². The topological polar surface area (TPSA) is 32.3 Å². The first-order valence-electron chi connectivity index (χ1n) is 3.57. The minimum Gasteiger partial charge on any atom is -0.389 e. The van der Waals surface area contributed by atoms with Crippen molar-refractivity contribution >= 4 is 12.4 Å². The lowest BCUT2D eigenvalue weighted by Crippen LogP contribution is -2.53. The highest BCUT2D eigenvalue weighted by atomic mass is 35.5. The maximum atomic E-state index is 12.8. The van der Waals surface area contributed by atoms with Gasteiger partial charge in [0.1, 0.15) is 6.17 Å². The number of piperidine rings is 1. The zero-order chi connectivity index (χ0) is 7.78. The Morgan fingerprint density at radius 3 is 2.45 bits per heavy atom. The van der Waals surface area contributed by atoms with Gasteiger partial charge >= 0.3 is 0 Å². The first-order valence-corrected chi connectivity index (χ1v) is 3.57. The average molecular weight is 184 g/mol. The molecule has 0 amide bonds. The Hall–Kier alpha value is 0.140. The molecule has 0 spiro atoms. The lowest BCUT2D eigenvalue weighted by Gasteiger charge is -2.37. The molecule has 1 aliphatic heterocycles. The second-order valence-corrected chi connectivity index (χ2v) is 3.58. The predicted molar refractivity (Wildman–Crippen MR) is 44.8 cm³/mol. The zero-order valence-corrected chi connectivity index (χ0v) is 7.62. The fourth-order valence-electron chi connectivity index (χ4n) is 1.24. The number of aliphatic hydroxyl groups excluding tert-OH is 1. The maximum Gasteiger partial charge on any atom is 0.139 e. The Balaban J connectivity index is 0.000001000. The molecule has 0 aromatic carbocycles. The highest BCUT2D eigenvalue weighted by Crippen LogP contribution is 2.26. The first kappa shape index (κ1) is 11.1. The van der Waals surface area contributed by atoms with E-state index in [1.165, 1.54) is 0 Å². The van der Waals surface area contributed by atoms with E-state index in [-0.39, 0.29) is 24.4 Å². The monoisotopic (exact) mass is 183 g/mol. The Labute approximate surface area is 72.6 Å². The van der Waals surface area contributed by atoms with Gasteiger partial charge < -0.3 is 10.4 Å². The minimum atomic E-state index is -1.11. The first-order chi connectivity index (χ1) is 4.54. The number of nitrogens with one attached hydrogen (secondary N) is 1. The third-order valence-corrected chi connectivity index (χ3v) is 2.06. The summed E-state index contributed by atoms with van der Waals surface area (Å²) >= 11 is 0. The van der Waals surface area contributed by atoms with Crippen molar-refractivity contribution in [2.75, 3.05) is 13.1 Å². The summed E-state index contributed by atoms with van der Waals surface area (Å²) in [7, 11) is 0.